The number of anilines is 1. The molecule has 0 bridgehead atoms. The highest BCUT2D eigenvalue weighted by Gasteiger charge is 2.36. The van der Waals surface area contributed by atoms with E-state index in [9.17, 15) is 13.2 Å². The molecule has 0 N–H and O–H groups in total. The summed E-state index contributed by atoms with van der Waals surface area (Å²) in [6.45, 7) is 2.55. The molecule has 1 fully saturated rings. The molecule has 3 rings (SSSR count). The van der Waals surface area contributed by atoms with Crippen molar-refractivity contribution in [1.82, 2.24) is 0 Å². The Bertz CT molecular complexity index is 687. The largest absolute Gasteiger partial charge is 0.368 e. The van der Waals surface area contributed by atoms with E-state index in [0.717, 1.165) is 12.0 Å². The molecule has 1 aromatic carbocycles. The van der Waals surface area contributed by atoms with Gasteiger partial charge in [-0.05, 0) is 38.0 Å². The molecule has 0 spiro atoms. The Morgan fingerprint density at radius 1 is 1.27 bits per heavy atom. The Labute approximate surface area is 130 Å². The predicted octanol–water partition coefficient (Wildman–Crippen LogP) is 1.82. The van der Waals surface area contributed by atoms with Crippen molar-refractivity contribution in [3.63, 3.8) is 0 Å². The molecule has 2 aliphatic rings. The van der Waals surface area contributed by atoms with Crippen molar-refractivity contribution in [2.45, 2.75) is 31.9 Å². The van der Waals surface area contributed by atoms with Crippen LogP contribution < -0.4 is 4.90 Å². The smallest absolute Gasteiger partial charge is 0.256 e. The first-order valence-electron chi connectivity index (χ1n) is 7.38. The van der Waals surface area contributed by atoms with Gasteiger partial charge in [-0.3, -0.25) is 4.79 Å². The van der Waals surface area contributed by atoms with Crippen LogP contribution in [0.15, 0.2) is 35.7 Å². The number of rotatable bonds is 3. The maximum Gasteiger partial charge on any atom is 0.256 e. The van der Waals surface area contributed by atoms with Crippen molar-refractivity contribution in [3.8, 4) is 0 Å². The number of amides is 1. The van der Waals surface area contributed by atoms with E-state index in [1.807, 2.05) is 31.2 Å². The van der Waals surface area contributed by atoms with Gasteiger partial charge in [0.25, 0.3) is 5.91 Å². The third-order valence-electron chi connectivity index (χ3n) is 4.00. The molecular weight excluding hydrogens is 302 g/mol. The molecule has 2 heterocycles. The Morgan fingerprint density at radius 2 is 2.00 bits per heavy atom. The lowest BCUT2D eigenvalue weighted by atomic mass is 10.1. The molecule has 0 radical (unpaired) electrons. The van der Waals surface area contributed by atoms with Gasteiger partial charge in [-0.15, -0.1) is 0 Å². The Morgan fingerprint density at radius 3 is 2.55 bits per heavy atom. The van der Waals surface area contributed by atoms with Crippen LogP contribution in [0.25, 0.3) is 0 Å². The Kier molecular flexibility index (Phi) is 4.06. The molecule has 0 unspecified atom stereocenters. The van der Waals surface area contributed by atoms with Crippen LogP contribution in [0.5, 0.6) is 0 Å². The third-order valence-corrected chi connectivity index (χ3v) is 5.38. The molecule has 1 saturated heterocycles. The number of ether oxygens (including phenoxy) is 1. The fourth-order valence-electron chi connectivity index (χ4n) is 2.84. The quantitative estimate of drug-likeness (QED) is 0.852. The molecule has 118 valence electrons. The zero-order valence-electron chi connectivity index (χ0n) is 12.4. The van der Waals surface area contributed by atoms with E-state index in [2.05, 4.69) is 0 Å². The highest BCUT2D eigenvalue weighted by molar-refractivity contribution is 7.94. The van der Waals surface area contributed by atoms with Crippen molar-refractivity contribution in [2.24, 2.45) is 0 Å². The third kappa shape index (κ3) is 3.08. The monoisotopic (exact) mass is 321 g/mol. The van der Waals surface area contributed by atoms with E-state index in [4.69, 9.17) is 4.74 Å². The summed E-state index contributed by atoms with van der Waals surface area (Å²) in [5.41, 5.74) is 1.79. The molecule has 0 saturated carbocycles. The van der Waals surface area contributed by atoms with Crippen LogP contribution in [0.1, 0.15) is 18.4 Å². The van der Waals surface area contributed by atoms with Crippen molar-refractivity contribution in [1.29, 1.82) is 0 Å². The minimum absolute atomic E-state index is 0.0701. The van der Waals surface area contributed by atoms with Crippen molar-refractivity contribution in [3.05, 3.63) is 41.3 Å². The minimum atomic E-state index is -3.23. The van der Waals surface area contributed by atoms with Gasteiger partial charge in [0.1, 0.15) is 6.10 Å². The summed E-state index contributed by atoms with van der Waals surface area (Å²) >= 11 is 0. The van der Waals surface area contributed by atoms with Crippen LogP contribution in [0, 0.1) is 6.92 Å². The summed E-state index contributed by atoms with van der Waals surface area (Å²) in [6, 6.07) is 7.06. The number of benzene rings is 1. The van der Waals surface area contributed by atoms with Gasteiger partial charge in [-0.2, -0.15) is 0 Å². The van der Waals surface area contributed by atoms with Crippen molar-refractivity contribution < 1.29 is 17.9 Å². The normalized spacial score (nSPS) is 26.2. The zero-order valence-corrected chi connectivity index (χ0v) is 13.3. The number of carbonyl (C=O) groups is 1. The van der Waals surface area contributed by atoms with Gasteiger partial charge in [-0.1, -0.05) is 17.7 Å². The SMILES string of the molecule is Cc1ccc(N(C(=O)[C@@H]2CCCO2)[C@@H]2C=CS(=O)(=O)C2)cc1. The molecule has 1 aromatic rings. The molecule has 2 aliphatic heterocycles. The second-order valence-corrected chi connectivity index (χ2v) is 7.70. The molecular formula is C16H19NO4S. The Hall–Kier alpha value is -1.66. The van der Waals surface area contributed by atoms with E-state index in [-0.39, 0.29) is 11.7 Å². The second-order valence-electron chi connectivity index (χ2n) is 5.77. The van der Waals surface area contributed by atoms with Crippen LogP contribution in [-0.2, 0) is 19.4 Å². The number of sulfone groups is 1. The first kappa shape index (κ1) is 15.2. The van der Waals surface area contributed by atoms with E-state index >= 15 is 0 Å². The van der Waals surface area contributed by atoms with Crippen LogP contribution in [0.4, 0.5) is 5.69 Å². The molecule has 22 heavy (non-hydrogen) atoms. The van der Waals surface area contributed by atoms with Gasteiger partial charge in [0.15, 0.2) is 9.84 Å². The summed E-state index contributed by atoms with van der Waals surface area (Å²) in [5, 5.41) is 1.20. The summed E-state index contributed by atoms with van der Waals surface area (Å²) in [6.07, 6.45) is 2.65. The van der Waals surface area contributed by atoms with E-state index in [1.54, 1.807) is 11.0 Å². The summed E-state index contributed by atoms with van der Waals surface area (Å²) in [4.78, 5) is 14.4. The summed E-state index contributed by atoms with van der Waals surface area (Å²) in [7, 11) is -3.23. The number of hydrogen-bond donors (Lipinski definition) is 0. The van der Waals surface area contributed by atoms with Crippen molar-refractivity contribution in [2.75, 3.05) is 17.3 Å². The number of nitrogens with zero attached hydrogens (tertiary/aromatic N) is 1. The highest BCUT2D eigenvalue weighted by Crippen LogP contribution is 2.26. The zero-order chi connectivity index (χ0) is 15.7. The fourth-order valence-corrected chi connectivity index (χ4v) is 4.10. The second kappa shape index (κ2) is 5.85. The first-order chi connectivity index (χ1) is 10.5. The number of aryl methyl sites for hydroxylation is 1. The predicted molar refractivity (Wildman–Crippen MR) is 84.4 cm³/mol. The molecule has 0 aliphatic carbocycles. The van der Waals surface area contributed by atoms with Crippen LogP contribution in [-0.4, -0.2) is 38.8 Å². The topological polar surface area (TPSA) is 63.7 Å². The maximum absolute atomic E-state index is 12.8. The lowest BCUT2D eigenvalue weighted by molar-refractivity contribution is -0.127. The first-order valence-corrected chi connectivity index (χ1v) is 9.10. The van der Waals surface area contributed by atoms with Gasteiger partial charge in [-0.25, -0.2) is 8.42 Å². The Balaban J connectivity index is 1.93. The van der Waals surface area contributed by atoms with E-state index in [0.29, 0.717) is 18.7 Å². The maximum atomic E-state index is 12.8. The van der Waals surface area contributed by atoms with Gasteiger partial charge >= 0.3 is 0 Å². The molecule has 2 atom stereocenters. The van der Waals surface area contributed by atoms with Gasteiger partial charge in [0.2, 0.25) is 0 Å². The average molecular weight is 321 g/mol. The molecule has 5 nitrogen and oxygen atoms in total. The van der Waals surface area contributed by atoms with Crippen molar-refractivity contribution >= 4 is 21.4 Å². The number of carbonyl (C=O) groups excluding carboxylic acids is 1. The van der Waals surface area contributed by atoms with Crippen LogP contribution in [0.2, 0.25) is 0 Å². The van der Waals surface area contributed by atoms with Crippen LogP contribution in [0.3, 0.4) is 0 Å². The average Bonchev–Trinajstić information content (AvgIpc) is 3.11. The fraction of sp³-hybridized carbons (Fsp3) is 0.438. The van der Waals surface area contributed by atoms with E-state index < -0.39 is 22.0 Å². The minimum Gasteiger partial charge on any atom is -0.368 e. The van der Waals surface area contributed by atoms with Crippen LogP contribution >= 0.6 is 0 Å². The molecule has 1 amide bonds. The molecule has 0 aromatic heterocycles. The summed E-state index contributed by atoms with van der Waals surface area (Å²) < 4.78 is 28.9. The standard InChI is InChI=1S/C16H19NO4S/c1-12-4-6-13(7-5-12)17(14-8-10-22(19,20)11-14)16(18)15-3-2-9-21-15/h4-8,10,14-15H,2-3,9,11H2,1H3/t14-,15+/m1/s1. The lowest BCUT2D eigenvalue weighted by Gasteiger charge is -2.29. The molecule has 6 heteroatoms. The van der Waals surface area contributed by atoms with Gasteiger partial charge in [0, 0.05) is 17.7 Å². The number of hydrogen-bond acceptors (Lipinski definition) is 4. The van der Waals surface area contributed by atoms with E-state index in [1.165, 1.54) is 5.41 Å². The van der Waals surface area contributed by atoms with Gasteiger partial charge < -0.3 is 9.64 Å². The summed E-state index contributed by atoms with van der Waals surface area (Å²) in [5.74, 6) is -0.229. The highest BCUT2D eigenvalue weighted by atomic mass is 32.2. The van der Waals surface area contributed by atoms with Gasteiger partial charge in [0.05, 0.1) is 11.8 Å². The lowest BCUT2D eigenvalue weighted by Crippen LogP contribution is -2.46.